The average molecular weight is 166 g/mol. The molecule has 0 atom stereocenters. The second-order valence-corrected chi connectivity index (χ2v) is 2.75. The van der Waals surface area contributed by atoms with E-state index >= 15 is 0 Å². The molecule has 0 radical (unpaired) electrons. The minimum absolute atomic E-state index is 0.926. The summed E-state index contributed by atoms with van der Waals surface area (Å²) in [5.74, 6) is 0.926. The van der Waals surface area contributed by atoms with E-state index in [2.05, 4.69) is 24.4 Å². The van der Waals surface area contributed by atoms with Crippen molar-refractivity contribution >= 4 is 0 Å². The van der Waals surface area contributed by atoms with Crippen molar-refractivity contribution in [2.75, 3.05) is 13.7 Å². The monoisotopic (exact) mass is 166 g/mol. The third-order valence-electron chi connectivity index (χ3n) is 1.83. The van der Waals surface area contributed by atoms with Crippen LogP contribution in [0.2, 0.25) is 0 Å². The molecule has 0 spiro atoms. The van der Waals surface area contributed by atoms with Gasteiger partial charge in [0.25, 0.3) is 0 Å². The summed E-state index contributed by atoms with van der Waals surface area (Å²) < 4.78 is 5.06. The van der Waals surface area contributed by atoms with Crippen molar-refractivity contribution in [2.45, 2.75) is 13.5 Å². The molecule has 12 heavy (non-hydrogen) atoms. The van der Waals surface area contributed by atoms with Gasteiger partial charge in [-0.2, -0.15) is 0 Å². The summed E-state index contributed by atoms with van der Waals surface area (Å²) in [5, 5.41) is 2.27. The molecule has 0 amide bonds. The van der Waals surface area contributed by atoms with E-state index < -0.39 is 0 Å². The zero-order chi connectivity index (χ0) is 8.81. The van der Waals surface area contributed by atoms with Crippen molar-refractivity contribution < 1.29 is 10.1 Å². The molecule has 0 unspecified atom stereocenters. The maximum atomic E-state index is 5.06. The summed E-state index contributed by atoms with van der Waals surface area (Å²) in [6.07, 6.45) is 0. The van der Waals surface area contributed by atoms with Crippen LogP contribution in [0.25, 0.3) is 0 Å². The first-order chi connectivity index (χ1) is 5.86. The topological polar surface area (TPSA) is 25.8 Å². The molecule has 0 aliphatic heterocycles. The Bertz CT molecular complexity index is 218. The van der Waals surface area contributed by atoms with Crippen LogP contribution in [0.4, 0.5) is 0 Å². The molecule has 66 valence electrons. The van der Waals surface area contributed by atoms with Crippen LogP contribution in [0.1, 0.15) is 12.5 Å². The summed E-state index contributed by atoms with van der Waals surface area (Å²) in [7, 11) is 1.69. The van der Waals surface area contributed by atoms with Crippen LogP contribution in [0, 0.1) is 0 Å². The lowest BCUT2D eigenvalue weighted by Gasteiger charge is -2.01. The average Bonchev–Trinajstić information content (AvgIpc) is 2.15. The van der Waals surface area contributed by atoms with Crippen LogP contribution in [-0.4, -0.2) is 13.7 Å². The lowest BCUT2D eigenvalue weighted by atomic mass is 10.2. The van der Waals surface area contributed by atoms with Gasteiger partial charge < -0.3 is 10.1 Å². The number of benzene rings is 1. The maximum Gasteiger partial charge on any atom is 0.118 e. The van der Waals surface area contributed by atoms with Gasteiger partial charge in [-0.3, -0.25) is 0 Å². The SMILES string of the molecule is CC[NH2+]Cc1ccc(OC)cc1. The smallest absolute Gasteiger partial charge is 0.118 e. The van der Waals surface area contributed by atoms with E-state index in [0.29, 0.717) is 0 Å². The Labute approximate surface area is 73.6 Å². The molecule has 0 fully saturated rings. The molecular weight excluding hydrogens is 150 g/mol. The van der Waals surface area contributed by atoms with Gasteiger partial charge in [0.1, 0.15) is 12.3 Å². The van der Waals surface area contributed by atoms with Gasteiger partial charge in [0.15, 0.2) is 0 Å². The van der Waals surface area contributed by atoms with Gasteiger partial charge in [-0.25, -0.2) is 0 Å². The van der Waals surface area contributed by atoms with Crippen molar-refractivity contribution in [1.29, 1.82) is 0 Å². The molecule has 0 heterocycles. The highest BCUT2D eigenvalue weighted by atomic mass is 16.5. The van der Waals surface area contributed by atoms with Crippen molar-refractivity contribution in [3.8, 4) is 5.75 Å². The molecule has 2 heteroatoms. The second-order valence-electron chi connectivity index (χ2n) is 2.75. The fourth-order valence-corrected chi connectivity index (χ4v) is 1.07. The highest BCUT2D eigenvalue weighted by molar-refractivity contribution is 5.26. The molecule has 0 saturated heterocycles. The van der Waals surface area contributed by atoms with Crippen molar-refractivity contribution in [3.05, 3.63) is 29.8 Å². The molecule has 1 rings (SSSR count). The largest absolute Gasteiger partial charge is 0.497 e. The Balaban J connectivity index is 2.53. The van der Waals surface area contributed by atoms with Gasteiger partial charge in [-0.05, 0) is 31.2 Å². The van der Waals surface area contributed by atoms with E-state index in [0.717, 1.165) is 18.8 Å². The molecule has 2 N–H and O–H groups in total. The first-order valence-corrected chi connectivity index (χ1v) is 4.31. The standard InChI is InChI=1S/C10H15NO/c1-3-11-8-9-4-6-10(12-2)7-5-9/h4-7,11H,3,8H2,1-2H3/p+1. The number of methoxy groups -OCH3 is 1. The highest BCUT2D eigenvalue weighted by Crippen LogP contribution is 2.09. The first kappa shape index (κ1) is 9.07. The fourth-order valence-electron chi connectivity index (χ4n) is 1.07. The van der Waals surface area contributed by atoms with Crippen LogP contribution < -0.4 is 10.1 Å². The molecule has 0 aliphatic rings. The van der Waals surface area contributed by atoms with Gasteiger partial charge in [-0.15, -0.1) is 0 Å². The molecule has 1 aromatic rings. The predicted octanol–water partition coefficient (Wildman–Crippen LogP) is 0.778. The third kappa shape index (κ3) is 2.55. The molecule has 0 aliphatic carbocycles. The normalized spacial score (nSPS) is 9.83. The van der Waals surface area contributed by atoms with E-state index in [-0.39, 0.29) is 0 Å². The summed E-state index contributed by atoms with van der Waals surface area (Å²) in [6.45, 7) is 4.34. The number of rotatable bonds is 4. The van der Waals surface area contributed by atoms with Crippen LogP contribution in [0.5, 0.6) is 5.75 Å². The first-order valence-electron chi connectivity index (χ1n) is 4.31. The Morgan fingerprint density at radius 2 is 1.92 bits per heavy atom. The number of hydrogen-bond acceptors (Lipinski definition) is 1. The lowest BCUT2D eigenvalue weighted by molar-refractivity contribution is -0.667. The molecular formula is C10H16NO+. The maximum absolute atomic E-state index is 5.06. The third-order valence-corrected chi connectivity index (χ3v) is 1.83. The summed E-state index contributed by atoms with van der Waals surface area (Å²) >= 11 is 0. The van der Waals surface area contributed by atoms with Gasteiger partial charge in [0.2, 0.25) is 0 Å². The van der Waals surface area contributed by atoms with Crippen molar-refractivity contribution in [3.63, 3.8) is 0 Å². The van der Waals surface area contributed by atoms with Crippen LogP contribution in [-0.2, 0) is 6.54 Å². The van der Waals surface area contributed by atoms with Gasteiger partial charge in [0.05, 0.1) is 13.7 Å². The Morgan fingerprint density at radius 1 is 1.25 bits per heavy atom. The molecule has 2 nitrogen and oxygen atoms in total. The van der Waals surface area contributed by atoms with Crippen LogP contribution in [0.3, 0.4) is 0 Å². The zero-order valence-electron chi connectivity index (χ0n) is 7.71. The van der Waals surface area contributed by atoms with E-state index in [1.54, 1.807) is 7.11 Å². The van der Waals surface area contributed by atoms with E-state index in [9.17, 15) is 0 Å². The minimum atomic E-state index is 0.926. The number of quaternary nitrogens is 1. The quantitative estimate of drug-likeness (QED) is 0.702. The highest BCUT2D eigenvalue weighted by Gasteiger charge is 1.94. The Hall–Kier alpha value is -1.02. The Morgan fingerprint density at radius 3 is 2.42 bits per heavy atom. The summed E-state index contributed by atoms with van der Waals surface area (Å²) in [4.78, 5) is 0. The molecule has 1 aromatic carbocycles. The van der Waals surface area contributed by atoms with Crippen molar-refractivity contribution in [1.82, 2.24) is 0 Å². The number of hydrogen-bond donors (Lipinski definition) is 1. The zero-order valence-corrected chi connectivity index (χ0v) is 7.71. The van der Waals surface area contributed by atoms with Gasteiger partial charge in [0, 0.05) is 5.56 Å². The van der Waals surface area contributed by atoms with E-state index in [1.807, 2.05) is 12.1 Å². The van der Waals surface area contributed by atoms with Gasteiger partial charge in [-0.1, -0.05) is 0 Å². The van der Waals surface area contributed by atoms with E-state index in [4.69, 9.17) is 4.74 Å². The van der Waals surface area contributed by atoms with E-state index in [1.165, 1.54) is 5.56 Å². The number of nitrogens with two attached hydrogens (primary N) is 1. The van der Waals surface area contributed by atoms with Gasteiger partial charge >= 0.3 is 0 Å². The summed E-state index contributed by atoms with van der Waals surface area (Å²) in [5.41, 5.74) is 1.35. The van der Waals surface area contributed by atoms with Crippen molar-refractivity contribution in [2.24, 2.45) is 0 Å². The number of ether oxygens (including phenoxy) is 1. The lowest BCUT2D eigenvalue weighted by Crippen LogP contribution is -2.81. The minimum Gasteiger partial charge on any atom is -0.497 e. The fraction of sp³-hybridized carbons (Fsp3) is 0.400. The second kappa shape index (κ2) is 4.78. The molecule has 0 saturated carbocycles. The molecule has 0 bridgehead atoms. The Kier molecular flexibility index (Phi) is 3.61. The summed E-state index contributed by atoms with van der Waals surface area (Å²) in [6, 6.07) is 8.20. The predicted molar refractivity (Wildman–Crippen MR) is 49.2 cm³/mol. The molecule has 0 aromatic heterocycles. The van der Waals surface area contributed by atoms with Crippen LogP contribution >= 0.6 is 0 Å². The van der Waals surface area contributed by atoms with Crippen LogP contribution in [0.15, 0.2) is 24.3 Å².